The Morgan fingerprint density at radius 3 is 3.00 bits per heavy atom. The number of morpholine rings is 1. The van der Waals surface area contributed by atoms with Crippen molar-refractivity contribution in [1.29, 1.82) is 0 Å². The number of β-amino-alcohol motifs (C(OH)–C–C–N with tert-alkyl or cyclic N) is 1. The third-order valence-corrected chi connectivity index (χ3v) is 4.28. The molecule has 0 saturated carbocycles. The minimum Gasteiger partial charge on any atom is -0.387 e. The molecule has 0 radical (unpaired) electrons. The average Bonchev–Trinajstić information content (AvgIpc) is 2.61. The normalized spacial score (nSPS) is 19.8. The van der Waals surface area contributed by atoms with Crippen LogP contribution in [0, 0.1) is 6.92 Å². The minimum absolute atomic E-state index is 0.0739. The zero-order valence-electron chi connectivity index (χ0n) is 13.9. The Bertz CT molecular complexity index is 638. The largest absolute Gasteiger partial charge is 0.387 e. The van der Waals surface area contributed by atoms with E-state index >= 15 is 0 Å². The van der Waals surface area contributed by atoms with Gasteiger partial charge in [0.1, 0.15) is 5.82 Å². The summed E-state index contributed by atoms with van der Waals surface area (Å²) in [4.78, 5) is 2.25. The van der Waals surface area contributed by atoms with Crippen LogP contribution in [-0.4, -0.2) is 59.1 Å². The van der Waals surface area contributed by atoms with Crippen molar-refractivity contribution in [2.45, 2.75) is 19.1 Å². The van der Waals surface area contributed by atoms with Gasteiger partial charge in [0.2, 0.25) is 0 Å². The fraction of sp³-hybridized carbons (Fsp3) is 0.444. The lowest BCUT2D eigenvalue weighted by atomic mass is 10.0. The number of anilines is 1. The number of aromatic nitrogens is 2. The molecule has 0 unspecified atom stereocenters. The summed E-state index contributed by atoms with van der Waals surface area (Å²) in [7, 11) is 0. The number of hydrogen-bond acceptors (Lipinski definition) is 6. The number of nitrogens with zero attached hydrogens (tertiary/aromatic N) is 3. The predicted octanol–water partition coefficient (Wildman–Crippen LogP) is 1.63. The molecule has 24 heavy (non-hydrogen) atoms. The molecule has 0 amide bonds. The fourth-order valence-electron chi connectivity index (χ4n) is 2.99. The molecule has 6 heteroatoms. The van der Waals surface area contributed by atoms with Gasteiger partial charge in [0.15, 0.2) is 0 Å². The van der Waals surface area contributed by atoms with E-state index in [1.54, 1.807) is 6.20 Å². The summed E-state index contributed by atoms with van der Waals surface area (Å²) in [5.41, 5.74) is 2.12. The number of nitrogens with one attached hydrogen (secondary N) is 1. The summed E-state index contributed by atoms with van der Waals surface area (Å²) >= 11 is 0. The van der Waals surface area contributed by atoms with E-state index in [9.17, 15) is 5.11 Å². The molecule has 0 bridgehead atoms. The van der Waals surface area contributed by atoms with Gasteiger partial charge in [0.05, 0.1) is 18.8 Å². The molecule has 1 aromatic heterocycles. The van der Waals surface area contributed by atoms with Crippen molar-refractivity contribution in [1.82, 2.24) is 15.1 Å². The zero-order chi connectivity index (χ0) is 16.8. The maximum atomic E-state index is 10.5. The molecule has 2 N–H and O–H groups in total. The highest BCUT2D eigenvalue weighted by atomic mass is 16.5. The molecule has 3 rings (SSSR count). The number of rotatable bonds is 6. The second kappa shape index (κ2) is 8.19. The van der Waals surface area contributed by atoms with Crippen molar-refractivity contribution in [3.05, 3.63) is 53.7 Å². The van der Waals surface area contributed by atoms with Gasteiger partial charge in [-0.1, -0.05) is 24.3 Å². The van der Waals surface area contributed by atoms with Crippen LogP contribution in [0.15, 0.2) is 42.6 Å². The molecule has 2 atom stereocenters. The Hall–Kier alpha value is -2.02. The van der Waals surface area contributed by atoms with Gasteiger partial charge in [-0.25, -0.2) is 0 Å². The van der Waals surface area contributed by atoms with Crippen LogP contribution in [-0.2, 0) is 4.74 Å². The summed E-state index contributed by atoms with van der Waals surface area (Å²) in [5.74, 6) is 0.748. The van der Waals surface area contributed by atoms with Crippen molar-refractivity contribution in [2.24, 2.45) is 0 Å². The van der Waals surface area contributed by atoms with E-state index in [4.69, 9.17) is 4.74 Å². The van der Waals surface area contributed by atoms with Gasteiger partial charge in [-0.05, 0) is 30.2 Å². The van der Waals surface area contributed by atoms with Crippen LogP contribution in [0.4, 0.5) is 5.82 Å². The van der Waals surface area contributed by atoms with E-state index in [0.29, 0.717) is 19.7 Å². The van der Waals surface area contributed by atoms with Crippen LogP contribution >= 0.6 is 0 Å². The van der Waals surface area contributed by atoms with E-state index in [2.05, 4.69) is 20.4 Å². The second-order valence-electron chi connectivity index (χ2n) is 6.11. The van der Waals surface area contributed by atoms with Crippen LogP contribution in [0.2, 0.25) is 0 Å². The third-order valence-electron chi connectivity index (χ3n) is 4.28. The average molecular weight is 328 g/mol. The molecule has 1 aliphatic heterocycles. The Morgan fingerprint density at radius 1 is 1.33 bits per heavy atom. The smallest absolute Gasteiger partial charge is 0.148 e. The van der Waals surface area contributed by atoms with Crippen molar-refractivity contribution in [2.75, 3.05) is 38.1 Å². The monoisotopic (exact) mass is 328 g/mol. The highest BCUT2D eigenvalue weighted by Gasteiger charge is 2.23. The number of aliphatic hydroxyl groups is 1. The van der Waals surface area contributed by atoms with Gasteiger partial charge in [-0.15, -0.1) is 5.10 Å². The molecule has 2 aromatic rings. The molecule has 1 aromatic carbocycles. The van der Waals surface area contributed by atoms with Gasteiger partial charge in [-0.2, -0.15) is 5.10 Å². The first-order chi connectivity index (χ1) is 11.7. The topological polar surface area (TPSA) is 70.5 Å². The summed E-state index contributed by atoms with van der Waals surface area (Å²) < 4.78 is 5.81. The lowest BCUT2D eigenvalue weighted by Gasteiger charge is -2.34. The number of ether oxygens (including phenoxy) is 1. The Kier molecular flexibility index (Phi) is 5.74. The van der Waals surface area contributed by atoms with Gasteiger partial charge >= 0.3 is 0 Å². The number of aryl methyl sites for hydroxylation is 1. The first-order valence-corrected chi connectivity index (χ1v) is 8.31. The lowest BCUT2D eigenvalue weighted by Crippen LogP contribution is -2.46. The summed E-state index contributed by atoms with van der Waals surface area (Å²) in [6.45, 7) is 5.63. The fourth-order valence-corrected chi connectivity index (χ4v) is 2.99. The maximum Gasteiger partial charge on any atom is 0.148 e. The van der Waals surface area contributed by atoms with Crippen molar-refractivity contribution in [3.63, 3.8) is 0 Å². The summed E-state index contributed by atoms with van der Waals surface area (Å²) in [5, 5.41) is 21.6. The van der Waals surface area contributed by atoms with Crippen LogP contribution in [0.5, 0.6) is 0 Å². The number of aliphatic hydroxyl groups excluding tert-OH is 1. The SMILES string of the molecule is Cc1ccccc1[C@@H](O)CN1CCO[C@@H](CNc2cccnn2)C1. The Balaban J connectivity index is 1.51. The molecule has 0 spiro atoms. The highest BCUT2D eigenvalue weighted by Crippen LogP contribution is 2.19. The first kappa shape index (κ1) is 16.8. The van der Waals surface area contributed by atoms with Gasteiger partial charge < -0.3 is 15.2 Å². The minimum atomic E-state index is -0.474. The standard InChI is InChI=1S/C18H24N4O2/c1-14-5-2-3-6-16(14)17(23)13-22-9-10-24-15(12-22)11-19-18-7-4-8-20-21-18/h2-8,15,17,23H,9-13H2,1H3,(H,19,21)/t15-,17-/m0/s1. The van der Waals surface area contributed by atoms with E-state index in [-0.39, 0.29) is 6.10 Å². The molecule has 6 nitrogen and oxygen atoms in total. The van der Waals surface area contributed by atoms with E-state index < -0.39 is 6.10 Å². The van der Waals surface area contributed by atoms with Gasteiger partial charge in [0, 0.05) is 32.4 Å². The molecule has 2 heterocycles. The molecule has 1 fully saturated rings. The van der Waals surface area contributed by atoms with Crippen LogP contribution in [0.25, 0.3) is 0 Å². The zero-order valence-corrected chi connectivity index (χ0v) is 13.9. The highest BCUT2D eigenvalue weighted by molar-refractivity contribution is 5.31. The number of hydrogen-bond donors (Lipinski definition) is 2. The molecule has 1 aliphatic rings. The van der Waals surface area contributed by atoms with Crippen LogP contribution in [0.1, 0.15) is 17.2 Å². The molecule has 1 saturated heterocycles. The number of benzene rings is 1. The van der Waals surface area contributed by atoms with Crippen LogP contribution in [0.3, 0.4) is 0 Å². The Morgan fingerprint density at radius 2 is 2.21 bits per heavy atom. The van der Waals surface area contributed by atoms with Gasteiger partial charge in [0.25, 0.3) is 0 Å². The molecular weight excluding hydrogens is 304 g/mol. The predicted molar refractivity (Wildman–Crippen MR) is 92.8 cm³/mol. The molecule has 128 valence electrons. The summed E-state index contributed by atoms with van der Waals surface area (Å²) in [6, 6.07) is 11.7. The van der Waals surface area contributed by atoms with E-state index in [1.807, 2.05) is 43.3 Å². The van der Waals surface area contributed by atoms with E-state index in [1.165, 1.54) is 0 Å². The molecule has 0 aliphatic carbocycles. The van der Waals surface area contributed by atoms with Crippen LogP contribution < -0.4 is 5.32 Å². The molecular formula is C18H24N4O2. The maximum absolute atomic E-state index is 10.5. The first-order valence-electron chi connectivity index (χ1n) is 8.31. The Labute approximate surface area is 142 Å². The van der Waals surface area contributed by atoms with E-state index in [0.717, 1.165) is 30.0 Å². The van der Waals surface area contributed by atoms with Crippen molar-refractivity contribution in [3.8, 4) is 0 Å². The quantitative estimate of drug-likeness (QED) is 0.840. The van der Waals surface area contributed by atoms with Gasteiger partial charge in [-0.3, -0.25) is 4.90 Å². The summed E-state index contributed by atoms with van der Waals surface area (Å²) in [6.07, 6.45) is 1.25. The lowest BCUT2D eigenvalue weighted by molar-refractivity contribution is -0.0344. The third kappa shape index (κ3) is 4.50. The second-order valence-corrected chi connectivity index (χ2v) is 6.11. The van der Waals surface area contributed by atoms with Crippen molar-refractivity contribution < 1.29 is 9.84 Å². The van der Waals surface area contributed by atoms with Crippen molar-refractivity contribution >= 4 is 5.82 Å².